The number of ether oxygens (including phenoxy) is 1. The maximum Gasteiger partial charge on any atom is 0.339 e. The summed E-state index contributed by atoms with van der Waals surface area (Å²) in [6, 6.07) is 3.53. The lowest BCUT2D eigenvalue weighted by Gasteiger charge is -2.04. The smallest absolute Gasteiger partial charge is 0.339 e. The highest BCUT2D eigenvalue weighted by Crippen LogP contribution is 2.43. The summed E-state index contributed by atoms with van der Waals surface area (Å²) < 4.78 is 7.48. The number of halogens is 1. The fraction of sp³-hybridized carbons (Fsp3) is 0.333. The normalized spacial score (nSPS) is 15.0. The molecule has 1 N–H and O–H groups in total. The largest absolute Gasteiger partial charge is 0.481 e. The Hall–Kier alpha value is -1.56. The fourth-order valence-electron chi connectivity index (χ4n) is 2.12. The summed E-state index contributed by atoms with van der Waals surface area (Å²) >= 11 is 3.38. The average Bonchev–Trinajstić information content (AvgIpc) is 3.09. The van der Waals surface area contributed by atoms with Crippen LogP contribution < -0.4 is 4.74 Å². The van der Waals surface area contributed by atoms with Gasteiger partial charge in [0.2, 0.25) is 5.88 Å². The Labute approximate surface area is 111 Å². The molecule has 1 aliphatic rings. The Morgan fingerprint density at radius 1 is 1.56 bits per heavy atom. The van der Waals surface area contributed by atoms with Crippen molar-refractivity contribution in [2.45, 2.75) is 18.8 Å². The van der Waals surface area contributed by atoms with Gasteiger partial charge in [-0.1, -0.05) is 0 Å². The maximum absolute atomic E-state index is 11.5. The first-order valence-corrected chi connectivity index (χ1v) is 6.41. The van der Waals surface area contributed by atoms with Crippen LogP contribution in [0, 0.1) is 0 Å². The highest BCUT2D eigenvalue weighted by Gasteiger charge is 2.34. The zero-order valence-electron chi connectivity index (χ0n) is 9.68. The van der Waals surface area contributed by atoms with Gasteiger partial charge in [-0.3, -0.25) is 0 Å². The van der Waals surface area contributed by atoms with Gasteiger partial charge >= 0.3 is 5.97 Å². The van der Waals surface area contributed by atoms with Crippen molar-refractivity contribution in [3.63, 3.8) is 0 Å². The van der Waals surface area contributed by atoms with Gasteiger partial charge in [-0.25, -0.2) is 4.79 Å². The van der Waals surface area contributed by atoms with Gasteiger partial charge in [0.25, 0.3) is 0 Å². The Morgan fingerprint density at radius 2 is 2.28 bits per heavy atom. The second-order valence-corrected chi connectivity index (χ2v) is 5.18. The summed E-state index contributed by atoms with van der Waals surface area (Å²) in [6.07, 6.45) is 2.01. The summed E-state index contributed by atoms with van der Waals surface area (Å²) in [5.74, 6) is -0.143. The van der Waals surface area contributed by atoms with Crippen LogP contribution in [0.2, 0.25) is 0 Å². The lowest BCUT2D eigenvalue weighted by Crippen LogP contribution is -2.00. The first kappa shape index (κ1) is 11.5. The monoisotopic (exact) mass is 310 g/mol. The standard InChI is InChI=1S/C12H11BrN2O3/c1-18-8-5-4-7(13)11-9(12(16)17)10(6-2-3-6)14-15(8)11/h4-6H,2-3H2,1H3,(H,16,17). The molecule has 3 rings (SSSR count). The molecule has 2 heterocycles. The SMILES string of the molecule is COc1ccc(Br)c2c(C(=O)O)c(C3CC3)nn12. The molecule has 1 fully saturated rings. The predicted octanol–water partition coefficient (Wildman–Crippen LogP) is 2.68. The van der Waals surface area contributed by atoms with Gasteiger partial charge in [-0.2, -0.15) is 9.61 Å². The number of aromatic nitrogens is 2. The van der Waals surface area contributed by atoms with E-state index in [4.69, 9.17) is 4.74 Å². The van der Waals surface area contributed by atoms with E-state index in [2.05, 4.69) is 21.0 Å². The molecule has 1 saturated carbocycles. The second-order valence-electron chi connectivity index (χ2n) is 4.32. The summed E-state index contributed by atoms with van der Waals surface area (Å²) in [6.45, 7) is 0. The molecule has 94 valence electrons. The third kappa shape index (κ3) is 1.59. The Bertz CT molecular complexity index is 646. The number of rotatable bonds is 3. The molecule has 18 heavy (non-hydrogen) atoms. The van der Waals surface area contributed by atoms with Gasteiger partial charge in [0.15, 0.2) is 0 Å². The summed E-state index contributed by atoms with van der Waals surface area (Å²) in [5.41, 5.74) is 1.50. The van der Waals surface area contributed by atoms with Gasteiger partial charge in [0.1, 0.15) is 5.56 Å². The van der Waals surface area contributed by atoms with Crippen LogP contribution in [0.25, 0.3) is 5.52 Å². The number of fused-ring (bicyclic) bond motifs is 1. The number of carbonyl (C=O) groups is 1. The molecule has 0 amide bonds. The van der Waals surface area contributed by atoms with Crippen molar-refractivity contribution >= 4 is 27.4 Å². The first-order chi connectivity index (χ1) is 8.63. The molecule has 0 atom stereocenters. The van der Waals surface area contributed by atoms with Crippen molar-refractivity contribution in [2.24, 2.45) is 0 Å². The number of hydrogen-bond donors (Lipinski definition) is 1. The molecular formula is C12H11BrN2O3. The molecule has 2 aromatic heterocycles. The van der Waals surface area contributed by atoms with Crippen molar-refractivity contribution in [2.75, 3.05) is 7.11 Å². The third-order valence-corrected chi connectivity index (χ3v) is 3.75. The van der Waals surface area contributed by atoms with Crippen molar-refractivity contribution in [1.82, 2.24) is 9.61 Å². The number of pyridine rings is 1. The number of carboxylic acid groups (broad SMARTS) is 1. The van der Waals surface area contributed by atoms with Crippen LogP contribution in [0.15, 0.2) is 16.6 Å². The minimum atomic E-state index is -0.944. The summed E-state index contributed by atoms with van der Waals surface area (Å²) in [4.78, 5) is 11.5. The minimum Gasteiger partial charge on any atom is -0.481 e. The van der Waals surface area contributed by atoms with Crippen molar-refractivity contribution < 1.29 is 14.6 Å². The molecule has 6 heteroatoms. The molecule has 5 nitrogen and oxygen atoms in total. The highest BCUT2D eigenvalue weighted by atomic mass is 79.9. The molecule has 0 spiro atoms. The molecular weight excluding hydrogens is 300 g/mol. The number of methoxy groups -OCH3 is 1. The van der Waals surface area contributed by atoms with Gasteiger partial charge in [-0.15, -0.1) is 0 Å². The van der Waals surface area contributed by atoms with Crippen LogP contribution >= 0.6 is 15.9 Å². The van der Waals surface area contributed by atoms with Gasteiger partial charge < -0.3 is 9.84 Å². The molecule has 0 aromatic carbocycles. The Kier molecular flexibility index (Phi) is 2.55. The third-order valence-electron chi connectivity index (χ3n) is 3.11. The van der Waals surface area contributed by atoms with E-state index >= 15 is 0 Å². The van der Waals surface area contributed by atoms with Gasteiger partial charge in [-0.05, 0) is 34.8 Å². The van der Waals surface area contributed by atoms with Crippen LogP contribution in [0.5, 0.6) is 5.88 Å². The quantitative estimate of drug-likeness (QED) is 0.946. The van der Waals surface area contributed by atoms with Crippen LogP contribution in [-0.4, -0.2) is 27.8 Å². The second kappa shape index (κ2) is 3.98. The van der Waals surface area contributed by atoms with E-state index in [0.29, 0.717) is 21.6 Å². The van der Waals surface area contributed by atoms with Crippen LogP contribution in [0.1, 0.15) is 34.8 Å². The highest BCUT2D eigenvalue weighted by molar-refractivity contribution is 9.10. The van der Waals surface area contributed by atoms with E-state index in [1.807, 2.05) is 0 Å². The average molecular weight is 311 g/mol. The van der Waals surface area contributed by atoms with E-state index in [9.17, 15) is 9.90 Å². The van der Waals surface area contributed by atoms with Crippen LogP contribution in [0.4, 0.5) is 0 Å². The zero-order valence-corrected chi connectivity index (χ0v) is 11.3. The van der Waals surface area contributed by atoms with Crippen molar-refractivity contribution in [3.8, 4) is 5.88 Å². The van der Waals surface area contributed by atoms with E-state index in [0.717, 1.165) is 12.8 Å². The molecule has 1 aliphatic carbocycles. The van der Waals surface area contributed by atoms with E-state index in [-0.39, 0.29) is 11.5 Å². The zero-order chi connectivity index (χ0) is 12.9. The Morgan fingerprint density at radius 3 is 2.83 bits per heavy atom. The molecule has 0 bridgehead atoms. The molecule has 0 radical (unpaired) electrons. The Balaban J connectivity index is 2.39. The summed E-state index contributed by atoms with van der Waals surface area (Å²) in [5, 5.41) is 13.8. The van der Waals surface area contributed by atoms with Crippen molar-refractivity contribution in [1.29, 1.82) is 0 Å². The molecule has 0 saturated heterocycles. The molecule has 2 aromatic rings. The van der Waals surface area contributed by atoms with Crippen molar-refractivity contribution in [3.05, 3.63) is 27.9 Å². The summed E-state index contributed by atoms with van der Waals surface area (Å²) in [7, 11) is 1.54. The number of nitrogens with zero attached hydrogens (tertiary/aromatic N) is 2. The lowest BCUT2D eigenvalue weighted by molar-refractivity contribution is 0.0697. The van der Waals surface area contributed by atoms with Crippen LogP contribution in [-0.2, 0) is 0 Å². The first-order valence-electron chi connectivity index (χ1n) is 5.62. The van der Waals surface area contributed by atoms with E-state index in [1.165, 1.54) is 0 Å². The van der Waals surface area contributed by atoms with Gasteiger partial charge in [0.05, 0.1) is 18.3 Å². The number of hydrogen-bond acceptors (Lipinski definition) is 3. The fourth-order valence-corrected chi connectivity index (χ4v) is 2.62. The predicted molar refractivity (Wildman–Crippen MR) is 68.4 cm³/mol. The topological polar surface area (TPSA) is 63.8 Å². The lowest BCUT2D eigenvalue weighted by atomic mass is 10.1. The molecule has 0 unspecified atom stereocenters. The number of carboxylic acids is 1. The van der Waals surface area contributed by atoms with Crippen LogP contribution in [0.3, 0.4) is 0 Å². The maximum atomic E-state index is 11.5. The molecule has 0 aliphatic heterocycles. The van der Waals surface area contributed by atoms with E-state index < -0.39 is 5.97 Å². The van der Waals surface area contributed by atoms with E-state index in [1.54, 1.807) is 23.8 Å². The van der Waals surface area contributed by atoms with Gasteiger partial charge in [0, 0.05) is 16.5 Å². The minimum absolute atomic E-state index is 0.271. The number of aromatic carboxylic acids is 1.